The summed E-state index contributed by atoms with van der Waals surface area (Å²) in [7, 11) is 0. The summed E-state index contributed by atoms with van der Waals surface area (Å²) < 4.78 is 0. The van der Waals surface area contributed by atoms with Gasteiger partial charge in [-0.25, -0.2) is 9.97 Å². The average Bonchev–Trinajstić information content (AvgIpc) is 3.72. The van der Waals surface area contributed by atoms with E-state index in [1.165, 1.54) is 22.7 Å². The van der Waals surface area contributed by atoms with Crippen molar-refractivity contribution in [2.45, 2.75) is 51.6 Å². The quantitative estimate of drug-likeness (QED) is 0.344. The van der Waals surface area contributed by atoms with Crippen molar-refractivity contribution in [2.24, 2.45) is 11.8 Å². The minimum absolute atomic E-state index is 0.0156. The van der Waals surface area contributed by atoms with Crippen LogP contribution in [0.4, 0.5) is 0 Å². The molecule has 0 aliphatic carbocycles. The van der Waals surface area contributed by atoms with Crippen molar-refractivity contribution >= 4 is 46.3 Å². The molecule has 2 aliphatic rings. The molecule has 0 saturated carbocycles. The molecule has 4 N–H and O–H groups in total. The van der Waals surface area contributed by atoms with Crippen molar-refractivity contribution in [3.8, 4) is 0 Å². The summed E-state index contributed by atoms with van der Waals surface area (Å²) >= 11 is 2.64. The summed E-state index contributed by atoms with van der Waals surface area (Å²) in [6.45, 7) is 6.04. The maximum Gasteiger partial charge on any atom is 0.271 e. The summed E-state index contributed by atoms with van der Waals surface area (Å²) in [5.41, 5.74) is 1.54. The van der Waals surface area contributed by atoms with Gasteiger partial charge in [0.1, 0.15) is 21.4 Å². The topological polar surface area (TPSA) is 145 Å². The number of rotatable bonds is 4. The normalized spacial score (nSPS) is 21.1. The standard InChI is InChI=1S/C31H39N7O4S2/c1-19(2)26-30-36-23(17-44-30)27(40)33-11-6-14-38(31(42)21-9-12-32-13-10-21)16-25(39)34-22(15-20-7-4-3-5-8-20)29-35-24(18-43-29)28(41)37-26/h3-5,7-8,17-19,21-22,26,32H,6,9-16H2,1-2H3,(H,33,40)(H,34,39)(H,37,41)/t22-,26-/m0/s1. The van der Waals surface area contributed by atoms with E-state index in [0.29, 0.717) is 35.9 Å². The van der Waals surface area contributed by atoms with Gasteiger partial charge < -0.3 is 26.2 Å². The van der Waals surface area contributed by atoms with Crippen LogP contribution in [0, 0.1) is 11.8 Å². The van der Waals surface area contributed by atoms with E-state index in [-0.39, 0.29) is 53.4 Å². The number of thiazole rings is 2. The Morgan fingerprint density at radius 1 is 0.932 bits per heavy atom. The van der Waals surface area contributed by atoms with Gasteiger partial charge in [0.15, 0.2) is 0 Å². The molecule has 13 heteroatoms. The lowest BCUT2D eigenvalue weighted by molar-refractivity contribution is -0.140. The number of carbonyl (C=O) groups is 4. The van der Waals surface area contributed by atoms with Crippen LogP contribution in [0.1, 0.15) is 81.7 Å². The van der Waals surface area contributed by atoms with Crippen LogP contribution in [0.5, 0.6) is 0 Å². The maximum absolute atomic E-state index is 13.6. The highest BCUT2D eigenvalue weighted by Gasteiger charge is 2.30. The molecule has 4 bridgehead atoms. The molecule has 11 nitrogen and oxygen atoms in total. The van der Waals surface area contributed by atoms with E-state index in [4.69, 9.17) is 0 Å². The van der Waals surface area contributed by atoms with Gasteiger partial charge in [-0.1, -0.05) is 44.2 Å². The van der Waals surface area contributed by atoms with Crippen LogP contribution in [0.3, 0.4) is 0 Å². The van der Waals surface area contributed by atoms with E-state index < -0.39 is 12.1 Å². The third-order valence-electron chi connectivity index (χ3n) is 7.87. The van der Waals surface area contributed by atoms with Crippen LogP contribution in [-0.4, -0.2) is 71.2 Å². The molecule has 3 aromatic rings. The van der Waals surface area contributed by atoms with E-state index in [1.807, 2.05) is 44.2 Å². The fourth-order valence-corrected chi connectivity index (χ4v) is 7.31. The molecule has 2 aromatic heterocycles. The summed E-state index contributed by atoms with van der Waals surface area (Å²) in [5, 5.41) is 17.0. The third kappa shape index (κ3) is 8.07. The first-order chi connectivity index (χ1) is 21.3. The maximum atomic E-state index is 13.6. The molecule has 0 radical (unpaired) electrons. The van der Waals surface area contributed by atoms with Crippen LogP contribution in [0.15, 0.2) is 41.1 Å². The number of fused-ring (bicyclic) bond motifs is 4. The van der Waals surface area contributed by atoms with E-state index >= 15 is 0 Å². The predicted molar refractivity (Wildman–Crippen MR) is 169 cm³/mol. The van der Waals surface area contributed by atoms with Crippen LogP contribution in [0.2, 0.25) is 0 Å². The number of hydrogen-bond acceptors (Lipinski definition) is 9. The van der Waals surface area contributed by atoms with Gasteiger partial charge in [-0.05, 0) is 50.3 Å². The van der Waals surface area contributed by atoms with Crippen molar-refractivity contribution in [2.75, 3.05) is 32.7 Å². The SMILES string of the molecule is CC(C)[C@@H]1NC(=O)c2csc(n2)[C@H](Cc2ccccc2)NC(=O)CN(C(=O)C2CCNCC2)CCCNC(=O)c2csc1n2. The van der Waals surface area contributed by atoms with E-state index in [2.05, 4.69) is 31.2 Å². The number of nitrogens with zero attached hydrogens (tertiary/aromatic N) is 3. The molecule has 1 fully saturated rings. The molecule has 5 rings (SSSR count). The minimum atomic E-state index is -0.490. The number of aromatic nitrogens is 2. The third-order valence-corrected chi connectivity index (χ3v) is 9.76. The van der Waals surface area contributed by atoms with E-state index in [1.54, 1.807) is 15.7 Å². The molecular weight excluding hydrogens is 599 g/mol. The van der Waals surface area contributed by atoms with Gasteiger partial charge in [-0.15, -0.1) is 22.7 Å². The minimum Gasteiger partial charge on any atom is -0.351 e. The Morgan fingerprint density at radius 3 is 2.34 bits per heavy atom. The van der Waals surface area contributed by atoms with Crippen molar-refractivity contribution in [1.82, 2.24) is 36.1 Å². The zero-order chi connectivity index (χ0) is 31.1. The Morgan fingerprint density at radius 2 is 1.61 bits per heavy atom. The molecule has 1 aromatic carbocycles. The second kappa shape index (κ2) is 14.9. The Kier molecular flexibility index (Phi) is 10.7. The highest BCUT2D eigenvalue weighted by atomic mass is 32.1. The highest BCUT2D eigenvalue weighted by Crippen LogP contribution is 2.27. The highest BCUT2D eigenvalue weighted by molar-refractivity contribution is 7.10. The fraction of sp³-hybridized carbons (Fsp3) is 0.484. The van der Waals surface area contributed by atoms with Crippen molar-refractivity contribution in [3.63, 3.8) is 0 Å². The first kappa shape index (κ1) is 31.7. The molecule has 44 heavy (non-hydrogen) atoms. The molecule has 234 valence electrons. The fourth-order valence-electron chi connectivity index (χ4n) is 5.44. The zero-order valence-corrected chi connectivity index (χ0v) is 26.6. The molecule has 4 heterocycles. The molecule has 2 atom stereocenters. The zero-order valence-electron chi connectivity index (χ0n) is 25.0. The van der Waals surface area contributed by atoms with E-state index in [0.717, 1.165) is 31.5 Å². The summed E-state index contributed by atoms with van der Waals surface area (Å²) in [5.74, 6) is -1.15. The Balaban J connectivity index is 1.44. The first-order valence-corrected chi connectivity index (χ1v) is 16.9. The van der Waals surface area contributed by atoms with Gasteiger partial charge in [0.05, 0.1) is 18.6 Å². The predicted octanol–water partition coefficient (Wildman–Crippen LogP) is 3.09. The van der Waals surface area contributed by atoms with Gasteiger partial charge in [-0.2, -0.15) is 0 Å². The number of piperidine rings is 1. The molecule has 0 spiro atoms. The first-order valence-electron chi connectivity index (χ1n) is 15.1. The van der Waals surface area contributed by atoms with Crippen LogP contribution in [-0.2, 0) is 16.0 Å². The van der Waals surface area contributed by atoms with Gasteiger partial charge >= 0.3 is 0 Å². The second-order valence-electron chi connectivity index (χ2n) is 11.5. The smallest absolute Gasteiger partial charge is 0.271 e. The van der Waals surface area contributed by atoms with Crippen molar-refractivity contribution in [1.29, 1.82) is 0 Å². The number of nitrogens with one attached hydrogen (secondary N) is 4. The number of hydrogen-bond donors (Lipinski definition) is 4. The van der Waals surface area contributed by atoms with Crippen LogP contribution in [0.25, 0.3) is 0 Å². The number of amides is 4. The van der Waals surface area contributed by atoms with Gasteiger partial charge in [-0.3, -0.25) is 19.2 Å². The summed E-state index contributed by atoms with van der Waals surface area (Å²) in [6, 6.07) is 8.89. The lowest BCUT2D eigenvalue weighted by atomic mass is 9.96. The Bertz CT molecular complexity index is 1450. The average molecular weight is 638 g/mol. The molecule has 1 saturated heterocycles. The Labute approximate surface area is 265 Å². The number of benzene rings is 1. The molecule has 4 amide bonds. The Hall–Kier alpha value is -3.68. The summed E-state index contributed by atoms with van der Waals surface area (Å²) in [6.07, 6.45) is 2.40. The monoisotopic (exact) mass is 637 g/mol. The largest absolute Gasteiger partial charge is 0.351 e. The van der Waals surface area contributed by atoms with E-state index in [9.17, 15) is 19.2 Å². The lowest BCUT2D eigenvalue weighted by Crippen LogP contribution is -2.47. The second-order valence-corrected chi connectivity index (χ2v) is 13.3. The van der Waals surface area contributed by atoms with Gasteiger partial charge in [0.2, 0.25) is 11.8 Å². The summed E-state index contributed by atoms with van der Waals surface area (Å²) in [4.78, 5) is 64.2. The van der Waals surface area contributed by atoms with Crippen molar-refractivity contribution in [3.05, 3.63) is 68.1 Å². The van der Waals surface area contributed by atoms with Gasteiger partial charge in [0, 0.05) is 29.8 Å². The van der Waals surface area contributed by atoms with Crippen LogP contribution >= 0.6 is 22.7 Å². The van der Waals surface area contributed by atoms with Gasteiger partial charge in [0.25, 0.3) is 11.8 Å². The van der Waals surface area contributed by atoms with Crippen LogP contribution < -0.4 is 21.3 Å². The van der Waals surface area contributed by atoms with Crippen molar-refractivity contribution < 1.29 is 19.2 Å². The molecular formula is C31H39N7O4S2. The molecule has 2 aliphatic heterocycles. The lowest BCUT2D eigenvalue weighted by Gasteiger charge is -2.30. The molecule has 0 unspecified atom stereocenters. The number of carbonyl (C=O) groups excluding carboxylic acids is 4.